The van der Waals surface area contributed by atoms with Gasteiger partial charge in [0.05, 0.1) is 0 Å². The van der Waals surface area contributed by atoms with Crippen LogP contribution in [-0.4, -0.2) is 0 Å². The Kier molecular flexibility index (Phi) is 8.10. The van der Waals surface area contributed by atoms with Crippen molar-refractivity contribution in [1.29, 1.82) is 0 Å². The quantitative estimate of drug-likeness (QED) is 0.598. The van der Waals surface area contributed by atoms with E-state index in [1.165, 1.54) is 18.9 Å². The van der Waals surface area contributed by atoms with E-state index in [0.717, 1.165) is 42.4 Å². The Hall–Kier alpha value is -0.686. The van der Waals surface area contributed by atoms with E-state index in [0.29, 0.717) is 0 Å². The van der Waals surface area contributed by atoms with E-state index in [9.17, 15) is 10.2 Å². The van der Waals surface area contributed by atoms with Crippen LogP contribution < -0.4 is 10.2 Å². The van der Waals surface area contributed by atoms with Gasteiger partial charge in [-0.25, -0.2) is 0 Å². The smallest absolute Gasteiger partial charge is 0.873 e. The van der Waals surface area contributed by atoms with Crippen LogP contribution in [0.2, 0.25) is 0 Å². The zero-order valence-electron chi connectivity index (χ0n) is 11.5. The Morgan fingerprint density at radius 2 is 1.61 bits per heavy atom. The summed E-state index contributed by atoms with van der Waals surface area (Å²) in [5, 5.41) is 23.4. The molecule has 0 unspecified atom stereocenters. The Morgan fingerprint density at radius 3 is 2.17 bits per heavy atom. The van der Waals surface area contributed by atoms with Crippen molar-refractivity contribution in [2.24, 2.45) is 0 Å². The standard InChI is InChI=1S/C15H24O2.Ni/c1-4-6-7-9-12-11(3)10-14(16)15(17)13(12)8-5-2;/h10,16-17H,4-9H2,1-3H3;/q;+2/p-2. The second-order valence-electron chi connectivity index (χ2n) is 4.68. The van der Waals surface area contributed by atoms with Gasteiger partial charge in [-0.1, -0.05) is 44.7 Å². The van der Waals surface area contributed by atoms with Gasteiger partial charge in [-0.15, -0.1) is 11.5 Å². The van der Waals surface area contributed by atoms with Gasteiger partial charge < -0.3 is 10.2 Å². The van der Waals surface area contributed by atoms with Crippen LogP contribution in [0.15, 0.2) is 6.07 Å². The predicted octanol–water partition coefficient (Wildman–Crippen LogP) is 2.82. The molecule has 3 heteroatoms. The van der Waals surface area contributed by atoms with E-state index < -0.39 is 0 Å². The van der Waals surface area contributed by atoms with E-state index in [1.54, 1.807) is 0 Å². The molecule has 0 aromatic heterocycles. The van der Waals surface area contributed by atoms with Crippen LogP contribution in [0.4, 0.5) is 0 Å². The third kappa shape index (κ3) is 4.21. The first-order valence-electron chi connectivity index (χ1n) is 6.61. The Morgan fingerprint density at radius 1 is 0.944 bits per heavy atom. The molecule has 0 spiro atoms. The van der Waals surface area contributed by atoms with Gasteiger partial charge in [-0.3, -0.25) is 0 Å². The average molecular weight is 293 g/mol. The van der Waals surface area contributed by atoms with E-state index in [-0.39, 0.29) is 28.0 Å². The van der Waals surface area contributed by atoms with Crippen LogP contribution in [0.1, 0.15) is 56.2 Å². The fraction of sp³-hybridized carbons (Fsp3) is 0.600. The average Bonchev–Trinajstić information content (AvgIpc) is 2.30. The number of rotatable bonds is 6. The van der Waals surface area contributed by atoms with Crippen molar-refractivity contribution in [3.63, 3.8) is 0 Å². The van der Waals surface area contributed by atoms with Crippen molar-refractivity contribution in [3.8, 4) is 11.5 Å². The molecule has 0 aliphatic carbocycles. The summed E-state index contributed by atoms with van der Waals surface area (Å²) in [5.74, 6) is -0.617. The molecule has 0 heterocycles. The number of unbranched alkanes of at least 4 members (excludes halogenated alkanes) is 2. The van der Waals surface area contributed by atoms with Gasteiger partial charge in [-0.2, -0.15) is 0 Å². The first-order valence-corrected chi connectivity index (χ1v) is 6.61. The number of aryl methyl sites for hydroxylation is 1. The van der Waals surface area contributed by atoms with Gasteiger partial charge in [0, 0.05) is 0 Å². The molecule has 2 nitrogen and oxygen atoms in total. The van der Waals surface area contributed by atoms with E-state index in [4.69, 9.17) is 0 Å². The molecule has 0 aliphatic heterocycles. The van der Waals surface area contributed by atoms with Gasteiger partial charge in [-0.05, 0) is 37.3 Å². The molecule has 1 aromatic rings. The van der Waals surface area contributed by atoms with E-state index >= 15 is 0 Å². The largest absolute Gasteiger partial charge is 2.00 e. The number of hydrogen-bond donors (Lipinski definition) is 0. The van der Waals surface area contributed by atoms with Crippen molar-refractivity contribution >= 4 is 0 Å². The molecule has 0 amide bonds. The molecular formula is C15H22NiO2. The van der Waals surface area contributed by atoms with Crippen molar-refractivity contribution < 1.29 is 26.7 Å². The molecule has 0 saturated carbocycles. The molecule has 18 heavy (non-hydrogen) atoms. The number of benzene rings is 1. The molecule has 0 atom stereocenters. The van der Waals surface area contributed by atoms with Gasteiger partial charge in [0.2, 0.25) is 0 Å². The Bertz CT molecular complexity index is 375. The minimum atomic E-state index is -0.342. The summed E-state index contributed by atoms with van der Waals surface area (Å²) < 4.78 is 0. The molecule has 1 aromatic carbocycles. The molecule has 0 saturated heterocycles. The Balaban J connectivity index is 0.00000289. The van der Waals surface area contributed by atoms with Crippen LogP contribution in [0.25, 0.3) is 0 Å². The van der Waals surface area contributed by atoms with Gasteiger partial charge in [0.1, 0.15) is 0 Å². The third-order valence-electron chi connectivity index (χ3n) is 3.22. The van der Waals surface area contributed by atoms with Crippen LogP contribution in [-0.2, 0) is 29.3 Å². The molecule has 0 radical (unpaired) electrons. The third-order valence-corrected chi connectivity index (χ3v) is 3.22. The van der Waals surface area contributed by atoms with Crippen LogP contribution in [0.3, 0.4) is 0 Å². The van der Waals surface area contributed by atoms with E-state index in [1.807, 2.05) is 13.8 Å². The zero-order chi connectivity index (χ0) is 12.8. The van der Waals surface area contributed by atoms with Gasteiger partial charge >= 0.3 is 16.5 Å². The summed E-state index contributed by atoms with van der Waals surface area (Å²) >= 11 is 0. The summed E-state index contributed by atoms with van der Waals surface area (Å²) in [6.45, 7) is 6.16. The van der Waals surface area contributed by atoms with Crippen molar-refractivity contribution in [2.75, 3.05) is 0 Å². The maximum absolute atomic E-state index is 11.9. The SMILES string of the molecule is CCCCCc1c(C)cc([O-])c([O-])c1CCC.[Ni+2]. The second kappa shape index (κ2) is 8.42. The molecule has 0 fully saturated rings. The molecule has 0 bridgehead atoms. The summed E-state index contributed by atoms with van der Waals surface area (Å²) in [6.07, 6.45) is 6.04. The summed E-state index contributed by atoms with van der Waals surface area (Å²) in [4.78, 5) is 0. The first kappa shape index (κ1) is 17.3. The number of hydrogen-bond acceptors (Lipinski definition) is 2. The normalized spacial score (nSPS) is 10.2. The molecular weight excluding hydrogens is 271 g/mol. The first-order chi connectivity index (χ1) is 8.11. The van der Waals surface area contributed by atoms with Gasteiger partial charge in [0.25, 0.3) is 0 Å². The fourth-order valence-electron chi connectivity index (χ4n) is 2.29. The molecule has 1 rings (SSSR count). The molecule has 104 valence electrons. The fourth-order valence-corrected chi connectivity index (χ4v) is 2.29. The molecule has 0 N–H and O–H groups in total. The van der Waals surface area contributed by atoms with E-state index in [2.05, 4.69) is 6.92 Å². The maximum atomic E-state index is 11.9. The summed E-state index contributed by atoms with van der Waals surface area (Å²) in [6, 6.07) is 1.50. The summed E-state index contributed by atoms with van der Waals surface area (Å²) in [5.41, 5.74) is 2.90. The molecule has 0 aliphatic rings. The van der Waals surface area contributed by atoms with Crippen molar-refractivity contribution in [3.05, 3.63) is 22.8 Å². The predicted molar refractivity (Wildman–Crippen MR) is 67.3 cm³/mol. The second-order valence-corrected chi connectivity index (χ2v) is 4.68. The zero-order valence-corrected chi connectivity index (χ0v) is 12.4. The van der Waals surface area contributed by atoms with Crippen molar-refractivity contribution in [2.45, 2.75) is 59.3 Å². The van der Waals surface area contributed by atoms with Crippen LogP contribution >= 0.6 is 0 Å². The minimum absolute atomic E-state index is 0. The van der Waals surface area contributed by atoms with Gasteiger partial charge in [0.15, 0.2) is 0 Å². The van der Waals surface area contributed by atoms with Crippen LogP contribution in [0.5, 0.6) is 11.5 Å². The topological polar surface area (TPSA) is 46.1 Å². The minimum Gasteiger partial charge on any atom is -0.873 e. The van der Waals surface area contributed by atoms with Crippen LogP contribution in [0, 0.1) is 6.92 Å². The van der Waals surface area contributed by atoms with Crippen molar-refractivity contribution in [1.82, 2.24) is 0 Å². The monoisotopic (exact) mass is 292 g/mol. The summed E-state index contributed by atoms with van der Waals surface area (Å²) in [7, 11) is 0. The Labute approximate surface area is 120 Å². The maximum Gasteiger partial charge on any atom is 2.00 e.